The fraction of sp³-hybridized carbons (Fsp3) is 0.632. The van der Waals surface area contributed by atoms with Crippen LogP contribution in [0.3, 0.4) is 0 Å². The van der Waals surface area contributed by atoms with Gasteiger partial charge >= 0.3 is 0 Å². The number of hydrogen-bond acceptors (Lipinski definition) is 4. The van der Waals surface area contributed by atoms with E-state index >= 15 is 0 Å². The number of thioether (sulfide) groups is 1. The van der Waals surface area contributed by atoms with Gasteiger partial charge in [0.2, 0.25) is 5.91 Å². The molecule has 1 fully saturated rings. The Kier molecular flexibility index (Phi) is 6.19. The largest absolute Gasteiger partial charge is 0.396 e. The molecule has 1 aromatic carbocycles. The van der Waals surface area contributed by atoms with Gasteiger partial charge in [0.1, 0.15) is 5.25 Å². The van der Waals surface area contributed by atoms with Gasteiger partial charge in [-0.25, -0.2) is 0 Å². The molecule has 5 heteroatoms. The summed E-state index contributed by atoms with van der Waals surface area (Å²) in [5.41, 5.74) is 2.56. The number of carbonyl (C=O) groups excluding carboxylic acids is 1. The molecule has 1 unspecified atom stereocenters. The maximum Gasteiger partial charge on any atom is 0.240 e. The number of piperidine rings is 1. The van der Waals surface area contributed by atoms with Gasteiger partial charge in [0.15, 0.2) is 0 Å². The van der Waals surface area contributed by atoms with Gasteiger partial charge in [-0.05, 0) is 49.6 Å². The number of carbonyl (C=O) groups is 1. The van der Waals surface area contributed by atoms with Crippen LogP contribution in [0.2, 0.25) is 0 Å². The first-order valence-electron chi connectivity index (χ1n) is 9.00. The van der Waals surface area contributed by atoms with Gasteiger partial charge in [-0.2, -0.15) is 0 Å². The van der Waals surface area contributed by atoms with Gasteiger partial charge < -0.3 is 14.9 Å². The van der Waals surface area contributed by atoms with E-state index in [1.54, 1.807) is 11.8 Å². The van der Waals surface area contributed by atoms with E-state index < -0.39 is 0 Å². The van der Waals surface area contributed by atoms with Crippen LogP contribution in [0, 0.1) is 0 Å². The minimum absolute atomic E-state index is 0.0152. The van der Waals surface area contributed by atoms with Crippen LogP contribution in [0.4, 0.5) is 0 Å². The molecule has 2 aliphatic heterocycles. The Bertz CT molecular complexity index is 558. The molecule has 0 spiro atoms. The van der Waals surface area contributed by atoms with Crippen molar-refractivity contribution in [3.8, 4) is 0 Å². The van der Waals surface area contributed by atoms with Crippen LogP contribution < -0.4 is 0 Å². The van der Waals surface area contributed by atoms with Crippen molar-refractivity contribution in [2.24, 2.45) is 0 Å². The monoisotopic (exact) mass is 348 g/mol. The van der Waals surface area contributed by atoms with Gasteiger partial charge in [-0.3, -0.25) is 4.79 Å². The predicted octanol–water partition coefficient (Wildman–Crippen LogP) is 2.32. The van der Waals surface area contributed by atoms with E-state index in [1.807, 2.05) is 6.07 Å². The van der Waals surface area contributed by atoms with Crippen molar-refractivity contribution in [3.05, 3.63) is 35.4 Å². The Morgan fingerprint density at radius 1 is 1.33 bits per heavy atom. The Morgan fingerprint density at radius 3 is 2.83 bits per heavy atom. The lowest BCUT2D eigenvalue weighted by atomic mass is 9.99. The van der Waals surface area contributed by atoms with E-state index in [4.69, 9.17) is 5.11 Å². The summed E-state index contributed by atoms with van der Waals surface area (Å²) in [5, 5.41) is 8.96. The Balaban J connectivity index is 1.58. The van der Waals surface area contributed by atoms with E-state index in [-0.39, 0.29) is 11.9 Å². The fourth-order valence-electron chi connectivity index (χ4n) is 3.79. The van der Waals surface area contributed by atoms with Crippen molar-refractivity contribution in [2.45, 2.75) is 37.0 Å². The van der Waals surface area contributed by atoms with Gasteiger partial charge in [0.25, 0.3) is 0 Å². The third-order valence-corrected chi connectivity index (χ3v) is 6.51. The first kappa shape index (κ1) is 17.8. The van der Waals surface area contributed by atoms with Crippen LogP contribution in [-0.4, -0.2) is 65.9 Å². The maximum absolute atomic E-state index is 13.0. The van der Waals surface area contributed by atoms with Crippen molar-refractivity contribution in [1.82, 2.24) is 9.80 Å². The van der Waals surface area contributed by atoms with Crippen LogP contribution in [0.15, 0.2) is 24.3 Å². The van der Waals surface area contributed by atoms with Gasteiger partial charge in [0, 0.05) is 32.3 Å². The number of fused-ring (bicyclic) bond motifs is 1. The molecule has 0 aromatic heterocycles. The molecule has 0 bridgehead atoms. The van der Waals surface area contributed by atoms with Crippen molar-refractivity contribution in [3.63, 3.8) is 0 Å². The maximum atomic E-state index is 13.0. The molecular weight excluding hydrogens is 320 g/mol. The summed E-state index contributed by atoms with van der Waals surface area (Å²) in [6.45, 7) is 2.89. The van der Waals surface area contributed by atoms with Crippen molar-refractivity contribution in [1.29, 1.82) is 0 Å². The highest BCUT2D eigenvalue weighted by atomic mass is 32.2. The Labute approximate surface area is 149 Å². The second-order valence-corrected chi connectivity index (χ2v) is 8.03. The summed E-state index contributed by atoms with van der Waals surface area (Å²) in [7, 11) is 2.13. The highest BCUT2D eigenvalue weighted by Gasteiger charge is 2.33. The number of likely N-dealkylation sites (tertiary alicyclic amines) is 1. The quantitative estimate of drug-likeness (QED) is 0.887. The van der Waals surface area contributed by atoms with Crippen molar-refractivity contribution >= 4 is 17.7 Å². The standard InChI is InChI=1S/C19H28N2O2S/c1-20(10-4-13-22)16-7-11-21(12-8-16)19(23)18-17-6-3-2-5-15(17)9-14-24-18/h2-3,5-6,16,18,22H,4,7-14H2,1H3. The molecule has 1 atom stereocenters. The molecule has 132 valence electrons. The molecule has 1 N–H and O–H groups in total. The van der Waals surface area contributed by atoms with Crippen LogP contribution in [0.25, 0.3) is 0 Å². The molecule has 1 aromatic rings. The minimum atomic E-state index is -0.0152. The van der Waals surface area contributed by atoms with E-state index in [0.29, 0.717) is 11.9 Å². The van der Waals surface area contributed by atoms with Gasteiger partial charge in [-0.1, -0.05) is 24.3 Å². The molecule has 4 nitrogen and oxygen atoms in total. The molecule has 24 heavy (non-hydrogen) atoms. The summed E-state index contributed by atoms with van der Waals surface area (Å²) in [4.78, 5) is 17.4. The molecule has 1 amide bonds. The smallest absolute Gasteiger partial charge is 0.240 e. The molecule has 2 aliphatic rings. The first-order chi connectivity index (χ1) is 11.7. The zero-order valence-electron chi connectivity index (χ0n) is 14.5. The number of aryl methyl sites for hydroxylation is 1. The highest BCUT2D eigenvalue weighted by molar-refractivity contribution is 8.00. The lowest BCUT2D eigenvalue weighted by molar-refractivity contribution is -0.132. The number of hydrogen-bond donors (Lipinski definition) is 1. The number of aliphatic hydroxyl groups is 1. The van der Waals surface area contributed by atoms with Crippen LogP contribution in [0.5, 0.6) is 0 Å². The van der Waals surface area contributed by atoms with E-state index in [0.717, 1.165) is 51.1 Å². The summed E-state index contributed by atoms with van der Waals surface area (Å²) in [5.74, 6) is 1.33. The topological polar surface area (TPSA) is 43.8 Å². The molecule has 3 rings (SSSR count). The van der Waals surface area contributed by atoms with Gasteiger partial charge in [-0.15, -0.1) is 11.8 Å². The first-order valence-corrected chi connectivity index (χ1v) is 10.0. The second-order valence-electron chi connectivity index (χ2n) is 6.81. The average molecular weight is 349 g/mol. The number of benzene rings is 1. The minimum Gasteiger partial charge on any atom is -0.396 e. The van der Waals surface area contributed by atoms with E-state index in [1.165, 1.54) is 11.1 Å². The Hall–Kier alpha value is -1.04. The highest BCUT2D eigenvalue weighted by Crippen LogP contribution is 2.38. The van der Waals surface area contributed by atoms with Crippen LogP contribution in [0.1, 0.15) is 35.6 Å². The molecular formula is C19H28N2O2S. The normalized spacial score (nSPS) is 21.8. The summed E-state index contributed by atoms with van der Waals surface area (Å²) < 4.78 is 0. The van der Waals surface area contributed by atoms with E-state index in [2.05, 4.69) is 35.0 Å². The lowest BCUT2D eigenvalue weighted by Gasteiger charge is -2.38. The van der Waals surface area contributed by atoms with Gasteiger partial charge in [0.05, 0.1) is 0 Å². The van der Waals surface area contributed by atoms with Crippen molar-refractivity contribution in [2.75, 3.05) is 39.0 Å². The zero-order valence-corrected chi connectivity index (χ0v) is 15.3. The number of nitrogens with zero attached hydrogens (tertiary/aromatic N) is 2. The summed E-state index contributed by atoms with van der Waals surface area (Å²) >= 11 is 1.80. The molecule has 0 aliphatic carbocycles. The van der Waals surface area contributed by atoms with Crippen LogP contribution >= 0.6 is 11.8 Å². The average Bonchev–Trinajstić information content (AvgIpc) is 2.65. The third kappa shape index (κ3) is 3.95. The zero-order chi connectivity index (χ0) is 16.9. The summed E-state index contributed by atoms with van der Waals surface area (Å²) in [6, 6.07) is 8.95. The molecule has 1 saturated heterocycles. The molecule has 0 saturated carbocycles. The van der Waals surface area contributed by atoms with E-state index in [9.17, 15) is 4.79 Å². The predicted molar refractivity (Wildman–Crippen MR) is 99.3 cm³/mol. The molecule has 2 heterocycles. The summed E-state index contributed by atoms with van der Waals surface area (Å²) in [6.07, 6.45) is 3.97. The molecule has 0 radical (unpaired) electrons. The number of aliphatic hydroxyl groups excluding tert-OH is 1. The Morgan fingerprint density at radius 2 is 2.08 bits per heavy atom. The lowest BCUT2D eigenvalue weighted by Crippen LogP contribution is -2.47. The second kappa shape index (κ2) is 8.37. The third-order valence-electron chi connectivity index (χ3n) is 5.29. The number of rotatable bonds is 5. The number of amides is 1. The van der Waals surface area contributed by atoms with Crippen molar-refractivity contribution < 1.29 is 9.90 Å². The van der Waals surface area contributed by atoms with Crippen LogP contribution in [-0.2, 0) is 11.2 Å². The SMILES string of the molecule is CN(CCCO)C1CCN(C(=O)C2SCCc3ccccc32)CC1. The fourth-order valence-corrected chi connectivity index (χ4v) is 5.07.